The van der Waals surface area contributed by atoms with Crippen LogP contribution in [0.25, 0.3) is 11.0 Å². The zero-order chi connectivity index (χ0) is 14.1. The highest BCUT2D eigenvalue weighted by molar-refractivity contribution is 6.42. The highest BCUT2D eigenvalue weighted by Crippen LogP contribution is 2.27. The second kappa shape index (κ2) is 5.15. The fourth-order valence-corrected chi connectivity index (χ4v) is 2.15. The number of halogens is 2. The number of H-pyrrole nitrogens is 1. The van der Waals surface area contributed by atoms with Crippen molar-refractivity contribution < 1.29 is 4.79 Å². The first-order chi connectivity index (χ1) is 9.63. The van der Waals surface area contributed by atoms with Crippen molar-refractivity contribution >= 4 is 46.1 Å². The summed E-state index contributed by atoms with van der Waals surface area (Å²) in [5, 5.41) is 3.55. The Bertz CT molecular complexity index is 745. The smallest absolute Gasteiger partial charge is 0.257 e. The fraction of sp³-hybridized carbons (Fsp3) is 0. The molecule has 4 nitrogen and oxygen atoms in total. The van der Waals surface area contributed by atoms with Crippen LogP contribution in [0.4, 0.5) is 5.95 Å². The average Bonchev–Trinajstić information content (AvgIpc) is 2.81. The maximum Gasteiger partial charge on any atom is 0.257 e. The largest absolute Gasteiger partial charge is 0.324 e. The number of anilines is 1. The Morgan fingerprint density at radius 3 is 2.55 bits per heavy atom. The lowest BCUT2D eigenvalue weighted by atomic mass is 10.2. The first kappa shape index (κ1) is 13.0. The number of aromatic amines is 1. The highest BCUT2D eigenvalue weighted by Gasteiger charge is 2.10. The second-order valence-corrected chi connectivity index (χ2v) is 5.00. The lowest BCUT2D eigenvalue weighted by Gasteiger charge is -2.00. The third-order valence-corrected chi connectivity index (χ3v) is 3.51. The lowest BCUT2D eigenvalue weighted by Crippen LogP contribution is -2.12. The van der Waals surface area contributed by atoms with Crippen molar-refractivity contribution in [2.75, 3.05) is 5.32 Å². The maximum absolute atomic E-state index is 12.0. The molecule has 0 aliphatic heterocycles. The van der Waals surface area contributed by atoms with Gasteiger partial charge in [0, 0.05) is 5.56 Å². The van der Waals surface area contributed by atoms with Crippen LogP contribution in [-0.4, -0.2) is 15.9 Å². The molecular weight excluding hydrogens is 297 g/mol. The summed E-state index contributed by atoms with van der Waals surface area (Å²) in [7, 11) is 0. The van der Waals surface area contributed by atoms with E-state index in [-0.39, 0.29) is 5.91 Å². The minimum absolute atomic E-state index is 0.234. The number of benzene rings is 2. The zero-order valence-electron chi connectivity index (χ0n) is 10.2. The predicted molar refractivity (Wildman–Crippen MR) is 80.5 cm³/mol. The number of aromatic nitrogens is 2. The molecule has 3 rings (SSSR count). The topological polar surface area (TPSA) is 57.8 Å². The molecule has 3 aromatic rings. The van der Waals surface area contributed by atoms with Crippen molar-refractivity contribution in [1.82, 2.24) is 9.97 Å². The zero-order valence-corrected chi connectivity index (χ0v) is 11.7. The standard InChI is InChI=1S/C14H9Cl2N3O/c15-9-6-11-12(7-10(9)16)18-14(17-11)19-13(20)8-4-2-1-3-5-8/h1-7H,(H2,17,18,19,20). The van der Waals surface area contributed by atoms with Crippen molar-refractivity contribution in [2.24, 2.45) is 0 Å². The van der Waals surface area contributed by atoms with E-state index in [9.17, 15) is 4.79 Å². The third-order valence-electron chi connectivity index (χ3n) is 2.79. The molecule has 6 heteroatoms. The molecule has 0 unspecified atom stereocenters. The summed E-state index contributed by atoms with van der Waals surface area (Å²) >= 11 is 11.9. The summed E-state index contributed by atoms with van der Waals surface area (Å²) in [6, 6.07) is 12.2. The summed E-state index contributed by atoms with van der Waals surface area (Å²) < 4.78 is 0. The van der Waals surface area contributed by atoms with Crippen molar-refractivity contribution in [3.63, 3.8) is 0 Å². The molecule has 0 saturated heterocycles. The van der Waals surface area contributed by atoms with Crippen molar-refractivity contribution in [3.05, 3.63) is 58.1 Å². The van der Waals surface area contributed by atoms with Crippen LogP contribution in [-0.2, 0) is 0 Å². The fourth-order valence-electron chi connectivity index (χ4n) is 1.83. The monoisotopic (exact) mass is 305 g/mol. The van der Waals surface area contributed by atoms with Gasteiger partial charge in [-0.1, -0.05) is 41.4 Å². The van der Waals surface area contributed by atoms with Gasteiger partial charge in [0.2, 0.25) is 5.95 Å². The Morgan fingerprint density at radius 1 is 1.10 bits per heavy atom. The van der Waals surface area contributed by atoms with E-state index >= 15 is 0 Å². The molecule has 20 heavy (non-hydrogen) atoms. The molecule has 0 fully saturated rings. The van der Waals surface area contributed by atoms with Crippen LogP contribution in [0, 0.1) is 0 Å². The van der Waals surface area contributed by atoms with Crippen LogP contribution in [0.2, 0.25) is 10.0 Å². The number of rotatable bonds is 2. The number of hydrogen-bond acceptors (Lipinski definition) is 2. The summed E-state index contributed by atoms with van der Waals surface area (Å²) in [6.45, 7) is 0. The van der Waals surface area contributed by atoms with E-state index in [0.717, 1.165) is 0 Å². The maximum atomic E-state index is 12.0. The molecule has 0 aliphatic rings. The number of amides is 1. The molecule has 1 aromatic heterocycles. The summed E-state index contributed by atoms with van der Waals surface area (Å²) in [5.41, 5.74) is 1.91. The third kappa shape index (κ3) is 2.48. The average molecular weight is 306 g/mol. The van der Waals surface area contributed by atoms with Gasteiger partial charge < -0.3 is 4.98 Å². The molecule has 0 aliphatic carbocycles. The Kier molecular flexibility index (Phi) is 3.34. The van der Waals surface area contributed by atoms with Crippen LogP contribution in [0.15, 0.2) is 42.5 Å². The minimum atomic E-state index is -0.234. The van der Waals surface area contributed by atoms with Crippen LogP contribution in [0.5, 0.6) is 0 Å². The van der Waals surface area contributed by atoms with E-state index in [1.54, 1.807) is 36.4 Å². The van der Waals surface area contributed by atoms with Gasteiger partial charge in [-0.05, 0) is 24.3 Å². The van der Waals surface area contributed by atoms with E-state index < -0.39 is 0 Å². The van der Waals surface area contributed by atoms with Gasteiger partial charge in [-0.3, -0.25) is 10.1 Å². The summed E-state index contributed by atoms with van der Waals surface area (Å²) in [6.07, 6.45) is 0. The minimum Gasteiger partial charge on any atom is -0.324 e. The van der Waals surface area contributed by atoms with Crippen molar-refractivity contribution in [2.45, 2.75) is 0 Å². The van der Waals surface area contributed by atoms with E-state index in [0.29, 0.717) is 32.6 Å². The Balaban J connectivity index is 1.90. The summed E-state index contributed by atoms with van der Waals surface area (Å²) in [5.74, 6) is 0.119. The van der Waals surface area contributed by atoms with E-state index in [2.05, 4.69) is 15.3 Å². The molecule has 0 bridgehead atoms. The van der Waals surface area contributed by atoms with Gasteiger partial charge >= 0.3 is 0 Å². The highest BCUT2D eigenvalue weighted by atomic mass is 35.5. The molecule has 0 atom stereocenters. The molecule has 1 amide bonds. The Hall–Kier alpha value is -2.04. The van der Waals surface area contributed by atoms with Crippen molar-refractivity contribution in [3.8, 4) is 0 Å². The molecule has 2 aromatic carbocycles. The number of carbonyl (C=O) groups is 1. The van der Waals surface area contributed by atoms with Gasteiger partial charge in [0.05, 0.1) is 21.1 Å². The van der Waals surface area contributed by atoms with Crippen LogP contribution >= 0.6 is 23.2 Å². The van der Waals surface area contributed by atoms with Gasteiger partial charge in [-0.15, -0.1) is 0 Å². The predicted octanol–water partition coefficient (Wildman–Crippen LogP) is 4.12. The van der Waals surface area contributed by atoms with Crippen LogP contribution < -0.4 is 5.32 Å². The number of hydrogen-bond donors (Lipinski definition) is 2. The lowest BCUT2D eigenvalue weighted by molar-refractivity contribution is 0.102. The van der Waals surface area contributed by atoms with Gasteiger partial charge in [0.1, 0.15) is 0 Å². The van der Waals surface area contributed by atoms with Gasteiger partial charge in [0.15, 0.2) is 0 Å². The molecule has 0 radical (unpaired) electrons. The van der Waals surface area contributed by atoms with Gasteiger partial charge in [-0.2, -0.15) is 0 Å². The Labute approximate surface area is 124 Å². The van der Waals surface area contributed by atoms with E-state index in [1.165, 1.54) is 0 Å². The molecular formula is C14H9Cl2N3O. The van der Waals surface area contributed by atoms with Crippen LogP contribution in [0.1, 0.15) is 10.4 Å². The number of carbonyl (C=O) groups excluding carboxylic acids is 1. The SMILES string of the molecule is O=C(Nc1nc2cc(Cl)c(Cl)cc2[nH]1)c1ccccc1. The first-order valence-electron chi connectivity index (χ1n) is 5.84. The number of nitrogens with one attached hydrogen (secondary N) is 2. The molecule has 0 saturated carbocycles. The van der Waals surface area contributed by atoms with E-state index in [4.69, 9.17) is 23.2 Å². The molecule has 0 spiro atoms. The normalized spacial score (nSPS) is 10.7. The number of nitrogens with zero attached hydrogens (tertiary/aromatic N) is 1. The molecule has 2 N–H and O–H groups in total. The quantitative estimate of drug-likeness (QED) is 0.748. The van der Waals surface area contributed by atoms with Crippen LogP contribution in [0.3, 0.4) is 0 Å². The van der Waals surface area contributed by atoms with Gasteiger partial charge in [-0.25, -0.2) is 4.98 Å². The molecule has 100 valence electrons. The number of fused-ring (bicyclic) bond motifs is 1. The second-order valence-electron chi connectivity index (χ2n) is 4.19. The molecule has 1 heterocycles. The number of imidazole rings is 1. The Morgan fingerprint density at radius 2 is 1.80 bits per heavy atom. The van der Waals surface area contributed by atoms with Gasteiger partial charge in [0.25, 0.3) is 5.91 Å². The van der Waals surface area contributed by atoms with E-state index in [1.807, 2.05) is 6.07 Å². The first-order valence-corrected chi connectivity index (χ1v) is 6.60. The van der Waals surface area contributed by atoms with Crippen molar-refractivity contribution in [1.29, 1.82) is 0 Å². The summed E-state index contributed by atoms with van der Waals surface area (Å²) in [4.78, 5) is 19.2.